The number of thioether (sulfide) groups is 1. The van der Waals surface area contributed by atoms with Gasteiger partial charge >= 0.3 is 12.4 Å². The number of aliphatic imine (C=N–C) groups is 1. The monoisotopic (exact) mass is 642 g/mol. The number of benzene rings is 2. The Balaban J connectivity index is 1.32. The fraction of sp³-hybridized carbons (Fsp3) is 0.241. The van der Waals surface area contributed by atoms with Crippen LogP contribution in [0.15, 0.2) is 66.0 Å². The van der Waals surface area contributed by atoms with Gasteiger partial charge in [0.15, 0.2) is 16.8 Å². The molecule has 16 heteroatoms. The lowest BCUT2D eigenvalue weighted by Gasteiger charge is -2.24. The molecule has 1 aliphatic rings. The number of pyridine rings is 1. The number of carbonyl (C=O) groups excluding carboxylic acids is 2. The Labute approximate surface area is 258 Å². The Morgan fingerprint density at radius 1 is 1.11 bits per heavy atom. The van der Waals surface area contributed by atoms with Crippen LogP contribution in [0.3, 0.4) is 0 Å². The molecule has 0 bridgehead atoms. The molecule has 0 unspecified atom stereocenters. The average molecular weight is 643 g/mol. The predicted molar refractivity (Wildman–Crippen MR) is 162 cm³/mol. The van der Waals surface area contributed by atoms with Gasteiger partial charge in [-0.05, 0) is 53.9 Å². The van der Waals surface area contributed by atoms with Gasteiger partial charge in [0.25, 0.3) is 0 Å². The molecule has 11 nitrogen and oxygen atoms in total. The third kappa shape index (κ3) is 7.22. The molecule has 234 valence electrons. The van der Waals surface area contributed by atoms with Crippen molar-refractivity contribution in [2.75, 3.05) is 35.0 Å². The van der Waals surface area contributed by atoms with Crippen LogP contribution in [0.4, 0.5) is 39.4 Å². The highest BCUT2D eigenvalue weighted by Crippen LogP contribution is 2.36. The minimum absolute atomic E-state index is 0.0906. The Morgan fingerprint density at radius 2 is 1.89 bits per heavy atom. The highest BCUT2D eigenvalue weighted by molar-refractivity contribution is 8.15. The van der Waals surface area contributed by atoms with Crippen LogP contribution >= 0.6 is 11.8 Å². The maximum absolute atomic E-state index is 15.1. The minimum atomic E-state index is -4.85. The summed E-state index contributed by atoms with van der Waals surface area (Å²) < 4.78 is 57.2. The largest absolute Gasteiger partial charge is 0.573 e. The van der Waals surface area contributed by atoms with Crippen molar-refractivity contribution in [2.24, 2.45) is 4.99 Å². The van der Waals surface area contributed by atoms with Crippen molar-refractivity contribution in [2.45, 2.75) is 26.1 Å². The molecule has 5 rings (SSSR count). The van der Waals surface area contributed by atoms with E-state index in [9.17, 15) is 22.8 Å². The number of rotatable bonds is 7. The molecule has 0 saturated carbocycles. The molecule has 0 radical (unpaired) electrons. The highest BCUT2D eigenvalue weighted by Gasteiger charge is 2.33. The van der Waals surface area contributed by atoms with Gasteiger partial charge in [-0.1, -0.05) is 31.7 Å². The first kappa shape index (κ1) is 31.4. The number of nitrogens with one attached hydrogen (secondary N) is 1. The van der Waals surface area contributed by atoms with Crippen LogP contribution in [0.2, 0.25) is 0 Å². The lowest BCUT2D eigenvalue weighted by Crippen LogP contribution is -2.31. The predicted octanol–water partition coefficient (Wildman–Crippen LogP) is 6.22. The summed E-state index contributed by atoms with van der Waals surface area (Å²) in [5.41, 5.74) is 2.51. The van der Waals surface area contributed by atoms with Crippen molar-refractivity contribution in [1.82, 2.24) is 19.7 Å². The molecule has 2 aromatic carbocycles. The number of halogens is 4. The molecule has 1 N–H and O–H groups in total. The first-order chi connectivity index (χ1) is 21.3. The van der Waals surface area contributed by atoms with E-state index in [-0.39, 0.29) is 45.6 Å². The maximum Gasteiger partial charge on any atom is 0.573 e. The summed E-state index contributed by atoms with van der Waals surface area (Å²) >= 11 is 1.11. The lowest BCUT2D eigenvalue weighted by atomic mass is 9.99. The number of aromatic nitrogens is 4. The summed E-state index contributed by atoms with van der Waals surface area (Å²) in [6.07, 6.45) is -2.71. The van der Waals surface area contributed by atoms with Gasteiger partial charge in [-0.3, -0.25) is 9.69 Å². The first-order valence-electron chi connectivity index (χ1n) is 13.4. The summed E-state index contributed by atoms with van der Waals surface area (Å²) in [7, 11) is 3.77. The number of amides is 3. The molecule has 3 heterocycles. The zero-order chi connectivity index (χ0) is 32.5. The molecule has 0 aliphatic carbocycles. The van der Waals surface area contributed by atoms with Crippen molar-refractivity contribution in [1.29, 1.82) is 0 Å². The van der Waals surface area contributed by atoms with Crippen molar-refractivity contribution in [3.63, 3.8) is 0 Å². The normalized spacial score (nSPS) is 14.4. The number of amidine groups is 1. The van der Waals surface area contributed by atoms with Crippen molar-refractivity contribution < 1.29 is 31.9 Å². The summed E-state index contributed by atoms with van der Waals surface area (Å²) in [5, 5.41) is 6.78. The third-order valence-electron chi connectivity index (χ3n) is 6.51. The Kier molecular flexibility index (Phi) is 8.77. The van der Waals surface area contributed by atoms with Gasteiger partial charge in [-0.2, -0.15) is 4.99 Å². The molecule has 3 amide bonds. The lowest BCUT2D eigenvalue weighted by molar-refractivity contribution is -0.274. The first-order valence-corrected chi connectivity index (χ1v) is 14.4. The number of nitrogens with zero attached hydrogens (tertiary/aromatic N) is 7. The Bertz CT molecular complexity index is 1770. The summed E-state index contributed by atoms with van der Waals surface area (Å²) in [6, 6.07) is 11.1. The van der Waals surface area contributed by atoms with E-state index < -0.39 is 24.0 Å². The fourth-order valence-electron chi connectivity index (χ4n) is 4.37. The number of carbonyl (C=O) groups is 2. The molecule has 1 saturated heterocycles. The fourth-order valence-corrected chi connectivity index (χ4v) is 5.23. The number of urea groups is 1. The maximum atomic E-state index is 15.1. The van der Waals surface area contributed by atoms with Crippen LogP contribution in [-0.4, -0.2) is 63.1 Å². The molecule has 45 heavy (non-hydrogen) atoms. The topological polar surface area (TPSA) is 118 Å². The molecule has 2 aromatic heterocycles. The average Bonchev–Trinajstić information content (AvgIpc) is 3.60. The molecular formula is C29H26F4N8O3S. The van der Waals surface area contributed by atoms with Crippen LogP contribution < -0.4 is 19.9 Å². The van der Waals surface area contributed by atoms with E-state index in [0.717, 1.165) is 41.3 Å². The summed E-state index contributed by atoms with van der Waals surface area (Å²) in [4.78, 5) is 41.2. The van der Waals surface area contributed by atoms with Crippen LogP contribution in [-0.2, 0) is 4.79 Å². The molecule has 0 atom stereocenters. The number of hydrogen-bond donors (Lipinski definition) is 1. The SMILES string of the molecule is CC(C)c1ccc(N(C)C)cc1N1C(=O)CS/C1=N\C(=O)Nc1ccc(-c2ncn(-c3ccc(OC(F)(F)F)cn3)n2)cc1F. The number of anilines is 3. The number of hydrogen-bond acceptors (Lipinski definition) is 8. The molecule has 4 aromatic rings. The zero-order valence-corrected chi connectivity index (χ0v) is 25.1. The second kappa shape index (κ2) is 12.6. The molecule has 1 aliphatic heterocycles. The van der Waals surface area contributed by atoms with E-state index in [1.807, 2.05) is 51.0 Å². The van der Waals surface area contributed by atoms with Crippen LogP contribution in [0.1, 0.15) is 25.3 Å². The van der Waals surface area contributed by atoms with Crippen molar-refractivity contribution in [3.8, 4) is 23.0 Å². The Hall–Kier alpha value is -4.99. The summed E-state index contributed by atoms with van der Waals surface area (Å²) in [5.74, 6) is -1.09. The molecular weight excluding hydrogens is 616 g/mol. The van der Waals surface area contributed by atoms with Gasteiger partial charge in [0, 0.05) is 25.3 Å². The highest BCUT2D eigenvalue weighted by atomic mass is 32.2. The summed E-state index contributed by atoms with van der Waals surface area (Å²) in [6.45, 7) is 4.01. The second-order valence-electron chi connectivity index (χ2n) is 10.2. The molecule has 0 spiro atoms. The van der Waals surface area contributed by atoms with Gasteiger partial charge in [0.05, 0.1) is 23.3 Å². The molecule has 1 fully saturated rings. The van der Waals surface area contributed by atoms with Crippen LogP contribution in [0.5, 0.6) is 5.75 Å². The number of alkyl halides is 3. The van der Waals surface area contributed by atoms with Gasteiger partial charge in [0.1, 0.15) is 17.9 Å². The standard InChI is InChI=1S/C29H26F4N8O3S/c1-16(2)20-8-6-18(39(3)4)12-23(20)41-25(42)14-45-28(41)37-27(43)36-22-9-5-17(11-21(22)30)26-35-15-40(38-26)24-10-7-19(13-34-24)44-29(31,32)33/h5-13,15-16H,14H2,1-4H3,(H,36,43)/b37-28-. The quantitative estimate of drug-likeness (QED) is 0.236. The van der Waals surface area contributed by atoms with E-state index in [1.165, 1.54) is 34.1 Å². The smallest absolute Gasteiger partial charge is 0.404 e. The van der Waals surface area contributed by atoms with Gasteiger partial charge in [-0.15, -0.1) is 18.3 Å². The van der Waals surface area contributed by atoms with Gasteiger partial charge in [-0.25, -0.2) is 23.8 Å². The van der Waals surface area contributed by atoms with Crippen LogP contribution in [0.25, 0.3) is 17.2 Å². The van der Waals surface area contributed by atoms with Crippen molar-refractivity contribution >= 4 is 45.9 Å². The number of ether oxygens (including phenoxy) is 1. The van der Waals surface area contributed by atoms with Crippen LogP contribution in [0, 0.1) is 5.82 Å². The van der Waals surface area contributed by atoms with Crippen molar-refractivity contribution in [3.05, 3.63) is 72.4 Å². The van der Waals surface area contributed by atoms with Gasteiger partial charge < -0.3 is 15.0 Å². The van der Waals surface area contributed by atoms with E-state index in [0.29, 0.717) is 5.69 Å². The second-order valence-corrected chi connectivity index (χ2v) is 11.2. The Morgan fingerprint density at radius 3 is 2.53 bits per heavy atom. The minimum Gasteiger partial charge on any atom is -0.404 e. The van der Waals surface area contributed by atoms with Gasteiger partial charge in [0.2, 0.25) is 5.91 Å². The third-order valence-corrected chi connectivity index (χ3v) is 7.43. The van der Waals surface area contributed by atoms with E-state index >= 15 is 4.39 Å². The van der Waals surface area contributed by atoms with E-state index in [1.54, 1.807) is 0 Å². The van der Waals surface area contributed by atoms with E-state index in [2.05, 4.69) is 30.1 Å². The van der Waals surface area contributed by atoms with E-state index in [4.69, 9.17) is 0 Å². The zero-order valence-electron chi connectivity index (χ0n) is 24.3.